The van der Waals surface area contributed by atoms with E-state index in [9.17, 15) is 0 Å². The minimum atomic E-state index is -0.665. The summed E-state index contributed by atoms with van der Waals surface area (Å²) in [6.45, 7) is 19.2. The molecule has 0 fully saturated rings. The fourth-order valence-corrected chi connectivity index (χ4v) is 6.33. The molecule has 0 N–H and O–H groups in total. The molecule has 0 aromatic rings. The molecule has 0 aromatic carbocycles. The third-order valence-corrected chi connectivity index (χ3v) is 7.95. The summed E-state index contributed by atoms with van der Waals surface area (Å²) in [7, 11) is -0.665. The summed E-state index contributed by atoms with van der Waals surface area (Å²) in [6.07, 6.45) is 10.3. The average Bonchev–Trinajstić information content (AvgIpc) is 2.55. The lowest BCUT2D eigenvalue weighted by Crippen LogP contribution is -2.28. The van der Waals surface area contributed by atoms with Gasteiger partial charge in [-0.15, -0.1) is 5.70 Å². The molecule has 0 aliphatic carbocycles. The van der Waals surface area contributed by atoms with Crippen molar-refractivity contribution in [3.05, 3.63) is 11.8 Å². The predicted octanol–water partition coefficient (Wildman–Crippen LogP) is 5.35. The van der Waals surface area contributed by atoms with Crippen LogP contribution in [0.25, 0.3) is 0 Å². The molecule has 24 heavy (non-hydrogen) atoms. The van der Waals surface area contributed by atoms with Gasteiger partial charge in [0.2, 0.25) is 0 Å². The van der Waals surface area contributed by atoms with Crippen molar-refractivity contribution in [2.24, 2.45) is 0 Å². The number of hydrogen-bond donors (Lipinski definition) is 0. The van der Waals surface area contributed by atoms with Gasteiger partial charge >= 0.3 is 0 Å². The molecule has 2 nitrogen and oxygen atoms in total. The summed E-state index contributed by atoms with van der Waals surface area (Å²) >= 11 is 0. The van der Waals surface area contributed by atoms with E-state index >= 15 is 0 Å². The van der Waals surface area contributed by atoms with Crippen LogP contribution in [0.5, 0.6) is 0 Å². The van der Waals surface area contributed by atoms with Crippen LogP contribution in [0.15, 0.2) is 11.8 Å². The Labute approximate surface area is 155 Å². The monoisotopic (exact) mass is 354 g/mol. The van der Waals surface area contributed by atoms with Crippen LogP contribution in [-0.4, -0.2) is 57.9 Å². The Hall–Kier alpha value is -0.123. The standard InChI is InChI=1S/C21H46N2Si/c1-6-13-22(14-7-2)17-11-20-24(19-10-5)21-12-18-23(15-8-3)16-9-4/h10,19,24H,6-9,11-18,20-21H2,1-5H3. The van der Waals surface area contributed by atoms with Crippen LogP contribution in [-0.2, 0) is 0 Å². The molecule has 0 amide bonds. The molecule has 0 unspecified atom stereocenters. The Bertz CT molecular complexity index is 247. The van der Waals surface area contributed by atoms with E-state index in [1.165, 1.54) is 89.9 Å². The fourth-order valence-electron chi connectivity index (χ4n) is 3.70. The molecular formula is C21H46N2Si. The summed E-state index contributed by atoms with van der Waals surface area (Å²) in [4.78, 5) is 5.34. The first kappa shape index (κ1) is 23.9. The normalized spacial score (nSPS) is 12.3. The van der Waals surface area contributed by atoms with Gasteiger partial charge < -0.3 is 9.80 Å². The molecule has 0 aliphatic rings. The maximum atomic E-state index is 2.67. The summed E-state index contributed by atoms with van der Waals surface area (Å²) in [5.74, 6) is 0. The van der Waals surface area contributed by atoms with Crippen molar-refractivity contribution >= 4 is 8.80 Å². The van der Waals surface area contributed by atoms with Crippen LogP contribution < -0.4 is 0 Å². The van der Waals surface area contributed by atoms with Crippen molar-refractivity contribution in [1.29, 1.82) is 0 Å². The van der Waals surface area contributed by atoms with Crippen LogP contribution in [0.3, 0.4) is 0 Å². The van der Waals surface area contributed by atoms with Gasteiger partial charge in [0, 0.05) is 0 Å². The van der Waals surface area contributed by atoms with Crippen molar-refractivity contribution in [2.75, 3.05) is 39.3 Å². The first-order valence-electron chi connectivity index (χ1n) is 10.8. The van der Waals surface area contributed by atoms with E-state index in [4.69, 9.17) is 0 Å². The van der Waals surface area contributed by atoms with Gasteiger partial charge in [-0.05, 0) is 84.7 Å². The Morgan fingerprint density at radius 3 is 1.29 bits per heavy atom. The second-order valence-electron chi connectivity index (χ2n) is 7.25. The molecule has 0 saturated carbocycles. The van der Waals surface area contributed by atoms with E-state index in [0.29, 0.717) is 0 Å². The van der Waals surface area contributed by atoms with Gasteiger partial charge in [0.15, 0.2) is 0 Å². The van der Waals surface area contributed by atoms with Crippen LogP contribution >= 0.6 is 0 Å². The minimum absolute atomic E-state index is 0.665. The van der Waals surface area contributed by atoms with Gasteiger partial charge in [-0.25, -0.2) is 0 Å². The Morgan fingerprint density at radius 1 is 0.625 bits per heavy atom. The third kappa shape index (κ3) is 13.2. The molecule has 0 rings (SSSR count). The van der Waals surface area contributed by atoms with E-state index in [0.717, 1.165) is 0 Å². The number of rotatable bonds is 17. The van der Waals surface area contributed by atoms with Crippen LogP contribution in [0, 0.1) is 0 Å². The lowest BCUT2D eigenvalue weighted by Gasteiger charge is -2.23. The molecule has 0 aromatic heterocycles. The highest BCUT2D eigenvalue weighted by molar-refractivity contribution is 6.64. The van der Waals surface area contributed by atoms with Crippen LogP contribution in [0.1, 0.15) is 73.1 Å². The molecule has 0 aliphatic heterocycles. The molecule has 0 radical (unpaired) electrons. The smallest absolute Gasteiger partial charge is 0.0611 e. The van der Waals surface area contributed by atoms with Crippen molar-refractivity contribution in [2.45, 2.75) is 85.2 Å². The summed E-state index contributed by atoms with van der Waals surface area (Å²) in [5.41, 5.74) is 2.59. The highest BCUT2D eigenvalue weighted by Crippen LogP contribution is 2.11. The lowest BCUT2D eigenvalue weighted by atomic mass is 10.3. The van der Waals surface area contributed by atoms with Gasteiger partial charge in [-0.2, -0.15) is 0 Å². The Kier molecular flexibility index (Phi) is 17.6. The highest BCUT2D eigenvalue weighted by atomic mass is 28.3. The summed E-state index contributed by atoms with van der Waals surface area (Å²) < 4.78 is 0. The maximum Gasteiger partial charge on any atom is 0.0611 e. The Morgan fingerprint density at radius 2 is 1.00 bits per heavy atom. The highest BCUT2D eigenvalue weighted by Gasteiger charge is 2.10. The molecule has 3 heteroatoms. The first-order chi connectivity index (χ1) is 11.7. The van der Waals surface area contributed by atoms with Crippen LogP contribution in [0.4, 0.5) is 0 Å². The van der Waals surface area contributed by atoms with Crippen LogP contribution in [0.2, 0.25) is 12.1 Å². The zero-order chi connectivity index (χ0) is 18.0. The molecule has 0 bridgehead atoms. The van der Waals surface area contributed by atoms with Crippen molar-refractivity contribution in [1.82, 2.24) is 9.80 Å². The zero-order valence-electron chi connectivity index (χ0n) is 17.5. The van der Waals surface area contributed by atoms with Gasteiger partial charge in [0.25, 0.3) is 0 Å². The second kappa shape index (κ2) is 17.7. The second-order valence-corrected chi connectivity index (χ2v) is 10.3. The SMILES string of the molecule is CC=C[SiH](CCCN(CCC)CCC)CCCN(CCC)CCC. The number of allylic oxidation sites excluding steroid dienone is 1. The summed E-state index contributed by atoms with van der Waals surface area (Å²) in [6, 6.07) is 2.99. The van der Waals surface area contributed by atoms with E-state index < -0.39 is 8.80 Å². The number of hydrogen-bond acceptors (Lipinski definition) is 2. The van der Waals surface area contributed by atoms with Gasteiger partial charge in [0.1, 0.15) is 0 Å². The third-order valence-electron chi connectivity index (χ3n) is 4.72. The van der Waals surface area contributed by atoms with Gasteiger partial charge in [-0.1, -0.05) is 45.9 Å². The minimum Gasteiger partial charge on any atom is -0.303 e. The predicted molar refractivity (Wildman–Crippen MR) is 115 cm³/mol. The largest absolute Gasteiger partial charge is 0.303 e. The van der Waals surface area contributed by atoms with Crippen molar-refractivity contribution in [3.63, 3.8) is 0 Å². The number of nitrogens with zero attached hydrogens (tertiary/aromatic N) is 2. The lowest BCUT2D eigenvalue weighted by molar-refractivity contribution is 0.273. The Balaban J connectivity index is 4.11. The van der Waals surface area contributed by atoms with E-state index in [2.05, 4.69) is 56.2 Å². The first-order valence-corrected chi connectivity index (χ1v) is 13.1. The van der Waals surface area contributed by atoms with E-state index in [1.807, 2.05) is 0 Å². The van der Waals surface area contributed by atoms with Gasteiger partial charge in [-0.3, -0.25) is 0 Å². The maximum absolute atomic E-state index is 2.67. The molecule has 0 atom stereocenters. The van der Waals surface area contributed by atoms with Crippen molar-refractivity contribution in [3.8, 4) is 0 Å². The molecule has 0 saturated heterocycles. The molecule has 0 spiro atoms. The molecular weight excluding hydrogens is 308 g/mol. The van der Waals surface area contributed by atoms with Crippen molar-refractivity contribution < 1.29 is 0 Å². The quantitative estimate of drug-likeness (QED) is 0.325. The molecule has 0 heterocycles. The van der Waals surface area contributed by atoms with Gasteiger partial charge in [0.05, 0.1) is 8.80 Å². The topological polar surface area (TPSA) is 6.48 Å². The zero-order valence-corrected chi connectivity index (χ0v) is 18.7. The molecule has 144 valence electrons. The summed E-state index contributed by atoms with van der Waals surface area (Å²) in [5, 5.41) is 0. The fraction of sp³-hybridized carbons (Fsp3) is 0.905. The average molecular weight is 355 g/mol. The van der Waals surface area contributed by atoms with E-state index in [-0.39, 0.29) is 0 Å². The van der Waals surface area contributed by atoms with E-state index in [1.54, 1.807) is 0 Å².